The fourth-order valence-corrected chi connectivity index (χ4v) is 2.65. The van der Waals surface area contributed by atoms with E-state index in [1.54, 1.807) is 25.3 Å². The van der Waals surface area contributed by atoms with E-state index in [4.69, 9.17) is 20.8 Å². The highest BCUT2D eigenvalue weighted by atomic mass is 35.5. The second kappa shape index (κ2) is 7.68. The van der Waals surface area contributed by atoms with Gasteiger partial charge in [-0.3, -0.25) is 4.79 Å². The minimum atomic E-state index is -0.281. The van der Waals surface area contributed by atoms with Gasteiger partial charge in [-0.15, -0.1) is 0 Å². The van der Waals surface area contributed by atoms with Gasteiger partial charge in [0.2, 0.25) is 5.91 Å². The maximum atomic E-state index is 11.9. The third kappa shape index (κ3) is 4.62. The minimum absolute atomic E-state index is 0.0450. The average molecular weight is 329 g/mol. The molecule has 1 aromatic carbocycles. The Kier molecular flexibility index (Phi) is 5.90. The number of oxazole rings is 1. The van der Waals surface area contributed by atoms with Crippen LogP contribution in [0.15, 0.2) is 27.8 Å². The molecular weight excluding hydrogens is 312 g/mol. The monoisotopic (exact) mass is 328 g/mol. The van der Waals surface area contributed by atoms with Gasteiger partial charge in [-0.1, -0.05) is 23.4 Å². The molecule has 2 rings (SSSR count). The number of carbonyl (C=O) groups excluding carboxylic acids is 1. The Morgan fingerprint density at radius 1 is 1.57 bits per heavy atom. The number of hydrogen-bond donors (Lipinski definition) is 1. The molecule has 1 unspecified atom stereocenters. The van der Waals surface area contributed by atoms with E-state index >= 15 is 0 Å². The Labute approximate surface area is 132 Å². The third-order valence-electron chi connectivity index (χ3n) is 2.80. The van der Waals surface area contributed by atoms with Gasteiger partial charge in [-0.25, -0.2) is 4.98 Å². The van der Waals surface area contributed by atoms with Gasteiger partial charge in [0.15, 0.2) is 5.58 Å². The van der Waals surface area contributed by atoms with Crippen molar-refractivity contribution in [2.75, 3.05) is 20.3 Å². The van der Waals surface area contributed by atoms with Crippen LogP contribution in [0.3, 0.4) is 0 Å². The van der Waals surface area contributed by atoms with E-state index in [-0.39, 0.29) is 11.2 Å². The number of ether oxygens (including phenoxy) is 1. The SMILES string of the molecule is COCCCNC(=O)C(C)Sc1nc2cc(Cl)ccc2o1. The fraction of sp³-hybridized carbons (Fsp3) is 0.429. The van der Waals surface area contributed by atoms with Gasteiger partial charge < -0.3 is 14.5 Å². The molecule has 0 spiro atoms. The molecule has 0 saturated heterocycles. The quantitative estimate of drug-likeness (QED) is 0.625. The van der Waals surface area contributed by atoms with Crippen LogP contribution in [0.25, 0.3) is 11.1 Å². The van der Waals surface area contributed by atoms with Gasteiger partial charge in [0.1, 0.15) is 5.52 Å². The summed E-state index contributed by atoms with van der Waals surface area (Å²) in [5.74, 6) is -0.0450. The Morgan fingerprint density at radius 2 is 2.38 bits per heavy atom. The standard InChI is InChI=1S/C14H17ClN2O3S/c1-9(13(18)16-6-3-7-19-2)21-14-17-11-8-10(15)4-5-12(11)20-14/h4-5,8-9H,3,6-7H2,1-2H3,(H,16,18). The number of benzene rings is 1. The van der Waals surface area contributed by atoms with Crippen LogP contribution < -0.4 is 5.32 Å². The van der Waals surface area contributed by atoms with Crippen molar-refractivity contribution in [3.8, 4) is 0 Å². The summed E-state index contributed by atoms with van der Waals surface area (Å²) in [6.07, 6.45) is 0.793. The molecule has 0 bridgehead atoms. The average Bonchev–Trinajstić information content (AvgIpc) is 2.84. The summed E-state index contributed by atoms with van der Waals surface area (Å²) in [6, 6.07) is 5.25. The molecule has 0 fully saturated rings. The van der Waals surface area contributed by atoms with Gasteiger partial charge in [0.25, 0.3) is 5.22 Å². The lowest BCUT2D eigenvalue weighted by atomic mass is 10.3. The van der Waals surface area contributed by atoms with Gasteiger partial charge in [0.05, 0.1) is 5.25 Å². The zero-order valence-corrected chi connectivity index (χ0v) is 13.5. The van der Waals surface area contributed by atoms with Crippen molar-refractivity contribution < 1.29 is 13.9 Å². The predicted octanol–water partition coefficient (Wildman–Crippen LogP) is 3.11. The molecule has 0 saturated carbocycles. The number of fused-ring (bicyclic) bond motifs is 1. The lowest BCUT2D eigenvalue weighted by molar-refractivity contribution is -0.120. The highest BCUT2D eigenvalue weighted by molar-refractivity contribution is 8.00. The number of methoxy groups -OCH3 is 1. The maximum Gasteiger partial charge on any atom is 0.257 e. The molecule has 7 heteroatoms. The zero-order chi connectivity index (χ0) is 15.2. The summed E-state index contributed by atoms with van der Waals surface area (Å²) in [5, 5.41) is 3.64. The van der Waals surface area contributed by atoms with Crippen LogP contribution in [0.2, 0.25) is 5.02 Å². The normalized spacial score (nSPS) is 12.5. The number of nitrogens with one attached hydrogen (secondary N) is 1. The van der Waals surface area contributed by atoms with E-state index in [1.807, 2.05) is 6.92 Å². The first kappa shape index (κ1) is 16.1. The molecule has 1 heterocycles. The lowest BCUT2D eigenvalue weighted by Crippen LogP contribution is -2.32. The van der Waals surface area contributed by atoms with Crippen LogP contribution in [0.4, 0.5) is 0 Å². The molecule has 0 aliphatic carbocycles. The molecule has 1 aromatic heterocycles. The molecular formula is C14H17ClN2O3S. The highest BCUT2D eigenvalue weighted by Crippen LogP contribution is 2.28. The van der Waals surface area contributed by atoms with Crippen molar-refractivity contribution in [3.05, 3.63) is 23.2 Å². The molecule has 1 amide bonds. The Hall–Kier alpha value is -1.24. The highest BCUT2D eigenvalue weighted by Gasteiger charge is 2.17. The fourth-order valence-electron chi connectivity index (χ4n) is 1.71. The van der Waals surface area contributed by atoms with Crippen molar-refractivity contribution in [1.82, 2.24) is 10.3 Å². The number of carbonyl (C=O) groups is 1. The van der Waals surface area contributed by atoms with E-state index in [0.717, 1.165) is 6.42 Å². The first-order valence-corrected chi connectivity index (χ1v) is 7.85. The first-order chi connectivity index (χ1) is 10.1. The van der Waals surface area contributed by atoms with Crippen LogP contribution in [-0.2, 0) is 9.53 Å². The second-order valence-corrected chi connectivity index (χ2v) is 6.22. The van der Waals surface area contributed by atoms with E-state index in [9.17, 15) is 4.79 Å². The molecule has 21 heavy (non-hydrogen) atoms. The number of hydrogen-bond acceptors (Lipinski definition) is 5. The first-order valence-electron chi connectivity index (χ1n) is 6.59. The van der Waals surface area contributed by atoms with Gasteiger partial charge in [0, 0.05) is 25.3 Å². The van der Waals surface area contributed by atoms with Crippen molar-refractivity contribution in [3.63, 3.8) is 0 Å². The zero-order valence-electron chi connectivity index (χ0n) is 11.9. The molecule has 0 radical (unpaired) electrons. The van der Waals surface area contributed by atoms with Crippen LogP contribution in [0.5, 0.6) is 0 Å². The minimum Gasteiger partial charge on any atom is -0.431 e. The molecule has 5 nitrogen and oxygen atoms in total. The van der Waals surface area contributed by atoms with Gasteiger partial charge in [-0.2, -0.15) is 0 Å². The molecule has 1 atom stereocenters. The smallest absolute Gasteiger partial charge is 0.257 e. The van der Waals surface area contributed by atoms with Crippen LogP contribution in [-0.4, -0.2) is 36.4 Å². The Bertz CT molecular complexity index is 617. The second-order valence-electron chi connectivity index (χ2n) is 4.49. The van der Waals surface area contributed by atoms with Gasteiger partial charge >= 0.3 is 0 Å². The third-order valence-corrected chi connectivity index (χ3v) is 3.98. The largest absolute Gasteiger partial charge is 0.431 e. The van der Waals surface area contributed by atoms with Crippen molar-refractivity contribution in [2.24, 2.45) is 0 Å². The number of amides is 1. The molecule has 0 aliphatic heterocycles. The summed E-state index contributed by atoms with van der Waals surface area (Å²) in [7, 11) is 1.64. The number of aromatic nitrogens is 1. The predicted molar refractivity (Wildman–Crippen MR) is 83.8 cm³/mol. The number of rotatable bonds is 7. The van der Waals surface area contributed by atoms with E-state index < -0.39 is 0 Å². The van der Waals surface area contributed by atoms with Crippen molar-refractivity contribution >= 4 is 40.4 Å². The summed E-state index contributed by atoms with van der Waals surface area (Å²) in [6.45, 7) is 3.05. The number of nitrogens with zero attached hydrogens (tertiary/aromatic N) is 1. The lowest BCUT2D eigenvalue weighted by Gasteiger charge is -2.09. The number of thioether (sulfide) groups is 1. The van der Waals surface area contributed by atoms with Gasteiger partial charge in [-0.05, 0) is 31.5 Å². The van der Waals surface area contributed by atoms with E-state index in [2.05, 4.69) is 10.3 Å². The Balaban J connectivity index is 1.91. The van der Waals surface area contributed by atoms with Crippen LogP contribution in [0, 0.1) is 0 Å². The summed E-state index contributed by atoms with van der Waals surface area (Å²) < 4.78 is 10.5. The summed E-state index contributed by atoms with van der Waals surface area (Å²) >= 11 is 7.19. The van der Waals surface area contributed by atoms with E-state index in [1.165, 1.54) is 11.8 Å². The molecule has 1 N–H and O–H groups in total. The Morgan fingerprint density at radius 3 is 3.14 bits per heavy atom. The maximum absolute atomic E-state index is 11.9. The van der Waals surface area contributed by atoms with Crippen LogP contribution in [0.1, 0.15) is 13.3 Å². The van der Waals surface area contributed by atoms with Crippen molar-refractivity contribution in [2.45, 2.75) is 23.8 Å². The topological polar surface area (TPSA) is 64.4 Å². The van der Waals surface area contributed by atoms with Crippen LogP contribution >= 0.6 is 23.4 Å². The molecule has 2 aromatic rings. The molecule has 0 aliphatic rings. The number of halogens is 1. The van der Waals surface area contributed by atoms with E-state index in [0.29, 0.717) is 34.5 Å². The van der Waals surface area contributed by atoms with Crippen molar-refractivity contribution in [1.29, 1.82) is 0 Å². The molecule has 114 valence electrons. The summed E-state index contributed by atoms with van der Waals surface area (Å²) in [4.78, 5) is 16.2. The summed E-state index contributed by atoms with van der Waals surface area (Å²) in [5.41, 5.74) is 1.35.